The van der Waals surface area contributed by atoms with Crippen LogP contribution in [0.1, 0.15) is 41.6 Å². The fourth-order valence-electron chi connectivity index (χ4n) is 4.84. The highest BCUT2D eigenvalue weighted by Crippen LogP contribution is 2.38. The molecule has 39 heavy (non-hydrogen) atoms. The molecule has 0 amide bonds. The smallest absolute Gasteiger partial charge is 0.416 e. The van der Waals surface area contributed by atoms with Crippen molar-refractivity contribution < 1.29 is 37.3 Å². The zero-order valence-electron chi connectivity index (χ0n) is 21.1. The van der Waals surface area contributed by atoms with Gasteiger partial charge in [-0.05, 0) is 66.6 Å². The van der Waals surface area contributed by atoms with Gasteiger partial charge in [0.2, 0.25) is 0 Å². The summed E-state index contributed by atoms with van der Waals surface area (Å²) in [5.41, 5.74) is 1.64. The third-order valence-electron chi connectivity index (χ3n) is 6.79. The molecule has 0 saturated heterocycles. The number of carboxylic acids is 1. The lowest BCUT2D eigenvalue weighted by molar-refractivity contribution is -0.139. The second kappa shape index (κ2) is 12.7. The summed E-state index contributed by atoms with van der Waals surface area (Å²) >= 11 is 0. The van der Waals surface area contributed by atoms with E-state index in [-0.39, 0.29) is 30.6 Å². The predicted octanol–water partition coefficient (Wildman–Crippen LogP) is 7.42. The molecule has 0 unspecified atom stereocenters. The lowest BCUT2D eigenvalue weighted by atomic mass is 9.91. The van der Waals surface area contributed by atoms with E-state index in [1.807, 2.05) is 48.5 Å². The number of carboxylic acid groups (broad SMARTS) is 1. The number of esters is 1. The van der Waals surface area contributed by atoms with E-state index < -0.39 is 29.8 Å². The molecule has 1 N–H and O–H groups in total. The van der Waals surface area contributed by atoms with E-state index in [0.717, 1.165) is 23.3 Å². The van der Waals surface area contributed by atoms with Gasteiger partial charge < -0.3 is 14.6 Å². The topological polar surface area (TPSA) is 72.8 Å². The maximum absolute atomic E-state index is 12.9. The lowest BCUT2D eigenvalue weighted by Crippen LogP contribution is -2.25. The van der Waals surface area contributed by atoms with Crippen LogP contribution in [0.25, 0.3) is 11.1 Å². The highest BCUT2D eigenvalue weighted by Gasteiger charge is 2.38. The maximum Gasteiger partial charge on any atom is 0.416 e. The van der Waals surface area contributed by atoms with Crippen molar-refractivity contribution in [3.63, 3.8) is 0 Å². The summed E-state index contributed by atoms with van der Waals surface area (Å²) in [5, 5.41) is 9.34. The lowest BCUT2D eigenvalue weighted by Gasteiger charge is -2.21. The van der Waals surface area contributed by atoms with Crippen LogP contribution in [0, 0.1) is 11.8 Å². The molecule has 0 aromatic heterocycles. The fraction of sp³-hybridized carbons (Fsp3) is 0.290. The summed E-state index contributed by atoms with van der Waals surface area (Å²) in [4.78, 5) is 24.3. The van der Waals surface area contributed by atoms with Crippen molar-refractivity contribution in [2.24, 2.45) is 11.8 Å². The zero-order valence-corrected chi connectivity index (χ0v) is 21.1. The van der Waals surface area contributed by atoms with Crippen molar-refractivity contribution in [1.29, 1.82) is 0 Å². The normalized spacial score (nSPS) is 19.2. The van der Waals surface area contributed by atoms with Crippen LogP contribution < -0.4 is 4.74 Å². The minimum absolute atomic E-state index is 0.0461. The first-order valence-electron chi connectivity index (χ1n) is 12.8. The van der Waals surface area contributed by atoms with Crippen molar-refractivity contribution in [2.45, 2.75) is 38.0 Å². The van der Waals surface area contributed by atoms with Gasteiger partial charge >= 0.3 is 18.1 Å². The van der Waals surface area contributed by atoms with E-state index in [1.165, 1.54) is 12.1 Å². The van der Waals surface area contributed by atoms with E-state index >= 15 is 0 Å². The average molecular weight is 539 g/mol. The van der Waals surface area contributed by atoms with Crippen molar-refractivity contribution in [2.75, 3.05) is 6.61 Å². The first-order chi connectivity index (χ1) is 18.7. The molecule has 4 rings (SSSR count). The van der Waals surface area contributed by atoms with Gasteiger partial charge in [0.15, 0.2) is 0 Å². The van der Waals surface area contributed by atoms with E-state index in [0.29, 0.717) is 24.8 Å². The van der Waals surface area contributed by atoms with E-state index in [9.17, 15) is 27.9 Å². The molecular weight excluding hydrogens is 509 g/mol. The molecule has 3 aromatic rings. The van der Waals surface area contributed by atoms with Crippen molar-refractivity contribution in [3.05, 3.63) is 102 Å². The Bertz CT molecular complexity index is 1290. The molecule has 0 spiro atoms. The molecule has 1 saturated carbocycles. The number of carbonyl (C=O) groups is 2. The second-order valence-electron chi connectivity index (χ2n) is 9.49. The van der Waals surface area contributed by atoms with Crippen LogP contribution in [0.4, 0.5) is 13.2 Å². The first-order valence-corrected chi connectivity index (χ1v) is 12.8. The van der Waals surface area contributed by atoms with Crippen molar-refractivity contribution in [3.8, 4) is 16.9 Å². The molecule has 0 aliphatic heterocycles. The predicted molar refractivity (Wildman–Crippen MR) is 140 cm³/mol. The van der Waals surface area contributed by atoms with Gasteiger partial charge in [-0.25, -0.2) is 4.79 Å². The highest BCUT2D eigenvalue weighted by atomic mass is 19.4. The van der Waals surface area contributed by atoms with Crippen LogP contribution in [-0.4, -0.2) is 29.8 Å². The molecule has 1 fully saturated rings. The molecule has 204 valence electrons. The van der Waals surface area contributed by atoms with E-state index in [1.54, 1.807) is 18.2 Å². The average Bonchev–Trinajstić information content (AvgIpc) is 3.28. The summed E-state index contributed by atoms with van der Waals surface area (Å²) in [7, 11) is 0. The number of alkyl halides is 3. The molecule has 1 aliphatic rings. The Labute approximate surface area is 224 Å². The van der Waals surface area contributed by atoms with Gasteiger partial charge in [0.1, 0.15) is 11.9 Å². The number of rotatable bonds is 10. The molecule has 3 atom stereocenters. The number of ether oxygens (including phenoxy) is 2. The number of carbonyl (C=O) groups excluding carboxylic acids is 1. The Morgan fingerprint density at radius 1 is 0.923 bits per heavy atom. The van der Waals surface area contributed by atoms with Crippen molar-refractivity contribution in [1.82, 2.24) is 0 Å². The number of hydrogen-bond acceptors (Lipinski definition) is 4. The summed E-state index contributed by atoms with van der Waals surface area (Å²) in [6, 6.07) is 21.6. The minimum Gasteiger partial charge on any atom is -0.493 e. The molecule has 0 heterocycles. The molecule has 1 aliphatic carbocycles. The van der Waals surface area contributed by atoms with Crippen LogP contribution in [0.2, 0.25) is 0 Å². The Kier molecular flexibility index (Phi) is 9.07. The van der Waals surface area contributed by atoms with E-state index in [4.69, 9.17) is 9.47 Å². The van der Waals surface area contributed by atoms with Gasteiger partial charge in [-0.3, -0.25) is 4.79 Å². The third kappa shape index (κ3) is 7.72. The second-order valence-corrected chi connectivity index (χ2v) is 9.49. The first kappa shape index (κ1) is 28.0. The van der Waals surface area contributed by atoms with Crippen LogP contribution in [0.5, 0.6) is 5.75 Å². The van der Waals surface area contributed by atoms with E-state index in [2.05, 4.69) is 0 Å². The zero-order chi connectivity index (χ0) is 27.8. The van der Waals surface area contributed by atoms with Crippen LogP contribution in [0.15, 0.2) is 91.0 Å². The quantitative estimate of drug-likeness (QED) is 0.165. The third-order valence-corrected chi connectivity index (χ3v) is 6.79. The minimum atomic E-state index is -4.45. The summed E-state index contributed by atoms with van der Waals surface area (Å²) in [6.07, 6.45) is 0.215. The monoisotopic (exact) mass is 538 g/mol. The number of aliphatic carboxylic acids is 1. The number of hydrogen-bond donors (Lipinski definition) is 1. The molecule has 3 aromatic carbocycles. The Morgan fingerprint density at radius 3 is 2.33 bits per heavy atom. The SMILES string of the molecule is O=C(O)C[C@H]1CC[C@@H](OC(=O)c2ccc(-c3ccccc3)cc2)[C@@H]1/C=C/CCOc1cccc(C(F)(F)F)c1. The van der Waals surface area contributed by atoms with Gasteiger partial charge in [0.25, 0.3) is 0 Å². The Balaban J connectivity index is 1.36. The maximum atomic E-state index is 12.9. The molecule has 0 bridgehead atoms. The summed E-state index contributed by atoms with van der Waals surface area (Å²) in [5.74, 6) is -1.76. The Hall–Kier alpha value is -4.07. The van der Waals surface area contributed by atoms with Crippen LogP contribution >= 0.6 is 0 Å². The van der Waals surface area contributed by atoms with Gasteiger partial charge in [0, 0.05) is 12.3 Å². The summed E-state index contributed by atoms with van der Waals surface area (Å²) in [6.45, 7) is 0.145. The van der Waals surface area contributed by atoms with Crippen molar-refractivity contribution >= 4 is 11.9 Å². The highest BCUT2D eigenvalue weighted by molar-refractivity contribution is 5.90. The molecular formula is C31H29F3O5. The number of benzene rings is 3. The summed E-state index contributed by atoms with van der Waals surface area (Å²) < 4.78 is 49.9. The fourth-order valence-corrected chi connectivity index (χ4v) is 4.84. The van der Waals surface area contributed by atoms with Crippen LogP contribution in [0.3, 0.4) is 0 Å². The molecule has 8 heteroatoms. The van der Waals surface area contributed by atoms with Gasteiger partial charge in [-0.2, -0.15) is 13.2 Å². The van der Waals surface area contributed by atoms with Crippen LogP contribution in [-0.2, 0) is 15.7 Å². The number of halogens is 3. The van der Waals surface area contributed by atoms with Gasteiger partial charge in [-0.1, -0.05) is 60.7 Å². The molecule has 0 radical (unpaired) electrons. The van der Waals surface area contributed by atoms with Gasteiger partial charge in [0.05, 0.1) is 17.7 Å². The largest absolute Gasteiger partial charge is 0.493 e. The Morgan fingerprint density at radius 2 is 1.64 bits per heavy atom. The molecule has 5 nitrogen and oxygen atoms in total. The van der Waals surface area contributed by atoms with Gasteiger partial charge in [-0.15, -0.1) is 0 Å². The standard InChI is InChI=1S/C31H29F3O5/c32-31(33,34)25-9-6-10-26(20-25)38-18-5-4-11-27-24(19-29(35)36)16-17-28(27)39-30(37)23-14-12-22(13-15-23)21-7-2-1-3-8-21/h1-4,6-15,20,24,27-28H,5,16-19H2,(H,35,36)/b11-4+/t24-,27-,28-/m1/s1.